The van der Waals surface area contributed by atoms with Gasteiger partial charge in [0.1, 0.15) is 11.9 Å². The average Bonchev–Trinajstić information content (AvgIpc) is 2.37. The Kier molecular flexibility index (Phi) is 5.64. The lowest BCUT2D eigenvalue weighted by Gasteiger charge is -2.14. The minimum atomic E-state index is -4.05. The van der Waals surface area contributed by atoms with Crippen molar-refractivity contribution in [2.45, 2.75) is 44.0 Å². The van der Waals surface area contributed by atoms with E-state index in [9.17, 15) is 17.6 Å². The van der Waals surface area contributed by atoms with Crippen LogP contribution in [-0.2, 0) is 14.8 Å². The number of aliphatic carboxylic acids is 1. The van der Waals surface area contributed by atoms with Gasteiger partial charge in [0.05, 0.1) is 4.90 Å². The maximum atomic E-state index is 13.4. The van der Waals surface area contributed by atoms with E-state index in [0.29, 0.717) is 12.0 Å². The summed E-state index contributed by atoms with van der Waals surface area (Å²) in [6, 6.07) is 2.27. The summed E-state index contributed by atoms with van der Waals surface area (Å²) in [5.41, 5.74) is 0.324. The van der Waals surface area contributed by atoms with Gasteiger partial charge in [-0.15, -0.1) is 0 Å². The van der Waals surface area contributed by atoms with E-state index in [1.54, 1.807) is 0 Å². The summed E-state index contributed by atoms with van der Waals surface area (Å²) in [5, 5.41) is 9.01. The first-order valence-electron chi connectivity index (χ1n) is 6.29. The van der Waals surface area contributed by atoms with Crippen molar-refractivity contribution < 1.29 is 22.7 Å². The molecule has 1 atom stereocenters. The number of nitrogens with one attached hydrogen (secondary N) is 1. The molecule has 0 saturated heterocycles. The van der Waals surface area contributed by atoms with E-state index in [2.05, 4.69) is 4.72 Å². The first-order chi connectivity index (χ1) is 9.27. The van der Waals surface area contributed by atoms with Crippen molar-refractivity contribution in [1.29, 1.82) is 0 Å². The number of carbonyl (C=O) groups is 1. The Labute approximate surface area is 117 Å². The Morgan fingerprint density at radius 1 is 1.45 bits per heavy atom. The molecule has 112 valence electrons. The number of halogens is 1. The van der Waals surface area contributed by atoms with E-state index >= 15 is 0 Å². The molecule has 0 spiro atoms. The van der Waals surface area contributed by atoms with Gasteiger partial charge in [0.2, 0.25) is 10.0 Å². The molecule has 7 heteroatoms. The smallest absolute Gasteiger partial charge is 0.321 e. The Morgan fingerprint density at radius 2 is 2.10 bits per heavy atom. The third kappa shape index (κ3) is 4.28. The number of unbranched alkanes of at least 4 members (excludes halogenated alkanes) is 1. The van der Waals surface area contributed by atoms with Crippen LogP contribution in [0.5, 0.6) is 0 Å². The fourth-order valence-corrected chi connectivity index (χ4v) is 2.87. The number of aryl methyl sites for hydroxylation is 1. The zero-order valence-electron chi connectivity index (χ0n) is 11.4. The first kappa shape index (κ1) is 16.6. The topological polar surface area (TPSA) is 83.5 Å². The molecular weight excluding hydrogens is 285 g/mol. The highest BCUT2D eigenvalue weighted by molar-refractivity contribution is 7.89. The number of rotatable bonds is 7. The molecule has 0 aromatic heterocycles. The van der Waals surface area contributed by atoms with Crippen LogP contribution in [0.25, 0.3) is 0 Å². The lowest BCUT2D eigenvalue weighted by atomic mass is 10.1. The molecule has 0 saturated carbocycles. The number of hydrogen-bond donors (Lipinski definition) is 2. The summed E-state index contributed by atoms with van der Waals surface area (Å²) in [6.07, 6.45) is 1.53. The number of carboxylic acids is 1. The molecule has 0 unspecified atom stereocenters. The first-order valence-corrected chi connectivity index (χ1v) is 7.77. The Balaban J connectivity index is 2.97. The molecular formula is C13H18FNO4S. The molecule has 0 aliphatic heterocycles. The highest BCUT2D eigenvalue weighted by Gasteiger charge is 2.25. The fraction of sp³-hybridized carbons (Fsp3) is 0.462. The molecule has 5 nitrogen and oxygen atoms in total. The summed E-state index contributed by atoms with van der Waals surface area (Å²) in [5.74, 6) is -1.89. The predicted molar refractivity (Wildman–Crippen MR) is 72.4 cm³/mol. The summed E-state index contributed by atoms with van der Waals surface area (Å²) in [4.78, 5) is 10.8. The molecule has 1 aromatic carbocycles. The minimum Gasteiger partial charge on any atom is -0.480 e. The van der Waals surface area contributed by atoms with E-state index in [1.165, 1.54) is 19.1 Å². The maximum absolute atomic E-state index is 13.4. The Bertz CT molecular complexity index is 586. The van der Waals surface area contributed by atoms with Gasteiger partial charge in [0.15, 0.2) is 0 Å². The van der Waals surface area contributed by atoms with Crippen molar-refractivity contribution in [2.75, 3.05) is 0 Å². The monoisotopic (exact) mass is 303 g/mol. The molecule has 0 fully saturated rings. The van der Waals surface area contributed by atoms with Crippen molar-refractivity contribution in [1.82, 2.24) is 4.72 Å². The van der Waals surface area contributed by atoms with Gasteiger partial charge in [-0.3, -0.25) is 4.79 Å². The van der Waals surface area contributed by atoms with Gasteiger partial charge in [-0.05, 0) is 31.0 Å². The van der Waals surface area contributed by atoms with Crippen molar-refractivity contribution in [3.8, 4) is 0 Å². The second-order valence-electron chi connectivity index (χ2n) is 4.57. The van der Waals surface area contributed by atoms with Gasteiger partial charge in [-0.2, -0.15) is 4.72 Å². The van der Waals surface area contributed by atoms with Crippen LogP contribution in [0.4, 0.5) is 4.39 Å². The molecule has 20 heavy (non-hydrogen) atoms. The standard InChI is InChI=1S/C13H18FNO4S/c1-3-4-5-12(13(16)17)15-20(18,19)10-7-6-9(2)11(14)8-10/h6-8,12,15H,3-5H2,1-2H3,(H,16,17)/t12-/m0/s1. The molecule has 0 heterocycles. The van der Waals surface area contributed by atoms with E-state index in [-0.39, 0.29) is 11.3 Å². The molecule has 0 bridgehead atoms. The normalized spacial score (nSPS) is 13.2. The van der Waals surface area contributed by atoms with E-state index in [0.717, 1.165) is 12.5 Å². The van der Waals surface area contributed by atoms with Crippen LogP contribution >= 0.6 is 0 Å². The molecule has 1 rings (SSSR count). The second kappa shape index (κ2) is 6.81. The van der Waals surface area contributed by atoms with Crippen molar-refractivity contribution in [2.24, 2.45) is 0 Å². The molecule has 1 aromatic rings. The largest absolute Gasteiger partial charge is 0.480 e. The van der Waals surface area contributed by atoms with Crippen molar-refractivity contribution in [3.63, 3.8) is 0 Å². The number of benzene rings is 1. The van der Waals surface area contributed by atoms with Gasteiger partial charge in [-0.1, -0.05) is 25.8 Å². The molecule has 0 aliphatic carbocycles. The SMILES string of the molecule is CCCC[C@H](NS(=O)(=O)c1ccc(C)c(F)c1)C(=O)O. The van der Waals surface area contributed by atoms with E-state index in [1.807, 2.05) is 6.92 Å². The summed E-state index contributed by atoms with van der Waals surface area (Å²) >= 11 is 0. The van der Waals surface area contributed by atoms with Gasteiger partial charge in [-0.25, -0.2) is 12.8 Å². The Hall–Kier alpha value is -1.47. The van der Waals surface area contributed by atoms with Crippen LogP contribution in [-0.4, -0.2) is 25.5 Å². The van der Waals surface area contributed by atoms with Gasteiger partial charge >= 0.3 is 5.97 Å². The van der Waals surface area contributed by atoms with Crippen LogP contribution in [0.15, 0.2) is 23.1 Å². The van der Waals surface area contributed by atoms with Gasteiger partial charge in [0.25, 0.3) is 0 Å². The highest BCUT2D eigenvalue weighted by Crippen LogP contribution is 2.15. The van der Waals surface area contributed by atoms with Crippen LogP contribution in [0.1, 0.15) is 31.7 Å². The third-order valence-electron chi connectivity index (χ3n) is 2.90. The quantitative estimate of drug-likeness (QED) is 0.807. The number of hydrogen-bond acceptors (Lipinski definition) is 3. The van der Waals surface area contributed by atoms with Gasteiger partial charge in [0, 0.05) is 0 Å². The zero-order chi connectivity index (χ0) is 15.3. The lowest BCUT2D eigenvalue weighted by Crippen LogP contribution is -2.40. The minimum absolute atomic E-state index is 0.194. The van der Waals surface area contributed by atoms with E-state index < -0.39 is 27.9 Å². The second-order valence-corrected chi connectivity index (χ2v) is 6.28. The number of sulfonamides is 1. The van der Waals surface area contributed by atoms with Crippen LogP contribution < -0.4 is 4.72 Å². The molecule has 0 aliphatic rings. The predicted octanol–water partition coefficient (Wildman–Crippen LogP) is 2.06. The third-order valence-corrected chi connectivity index (χ3v) is 4.36. The molecule has 2 N–H and O–H groups in total. The molecule has 0 radical (unpaired) electrons. The van der Waals surface area contributed by atoms with Crippen molar-refractivity contribution in [3.05, 3.63) is 29.6 Å². The van der Waals surface area contributed by atoms with E-state index in [4.69, 9.17) is 5.11 Å². The maximum Gasteiger partial charge on any atom is 0.321 e. The summed E-state index contributed by atoms with van der Waals surface area (Å²) in [6.45, 7) is 3.39. The summed E-state index contributed by atoms with van der Waals surface area (Å²) < 4.78 is 39.6. The van der Waals surface area contributed by atoms with Gasteiger partial charge < -0.3 is 5.11 Å². The Morgan fingerprint density at radius 3 is 2.60 bits per heavy atom. The summed E-state index contributed by atoms with van der Waals surface area (Å²) in [7, 11) is -4.05. The average molecular weight is 303 g/mol. The fourth-order valence-electron chi connectivity index (χ4n) is 1.64. The lowest BCUT2D eigenvalue weighted by molar-refractivity contribution is -0.139. The zero-order valence-corrected chi connectivity index (χ0v) is 12.2. The van der Waals surface area contributed by atoms with Crippen LogP contribution in [0, 0.1) is 12.7 Å². The van der Waals surface area contributed by atoms with Crippen LogP contribution in [0.2, 0.25) is 0 Å². The molecule has 0 amide bonds. The van der Waals surface area contributed by atoms with Crippen LogP contribution in [0.3, 0.4) is 0 Å². The highest BCUT2D eigenvalue weighted by atomic mass is 32.2. The van der Waals surface area contributed by atoms with Crippen molar-refractivity contribution >= 4 is 16.0 Å². The number of carboxylic acid groups (broad SMARTS) is 1.